The largest absolute Gasteiger partial charge is 0.476 e. The highest BCUT2D eigenvalue weighted by molar-refractivity contribution is 7.52. The summed E-state index contributed by atoms with van der Waals surface area (Å²) < 4.78 is 44.7. The minimum absolute atomic E-state index is 0.0577. The SMILES string of the molecule is CCOc1nc(N)nc2c1ncn2[C@@H]1O[C@@H]2C(OP(=O)(N[C@H](C)C(=O)OC(C)C)Oc3ccccc3)C2[C@@H]1C. The summed E-state index contributed by atoms with van der Waals surface area (Å²) in [6.07, 6.45) is 0.0304. The molecule has 1 saturated carbocycles. The maximum atomic E-state index is 13.9. The Morgan fingerprint density at radius 3 is 2.62 bits per heavy atom. The molecule has 2 aromatic heterocycles. The Labute approximate surface area is 225 Å². The number of benzene rings is 1. The Balaban J connectivity index is 1.32. The molecule has 0 spiro atoms. The molecule has 14 heteroatoms. The number of nitrogens with one attached hydrogen (secondary N) is 1. The second-order valence-corrected chi connectivity index (χ2v) is 11.5. The van der Waals surface area contributed by atoms with E-state index in [0.717, 1.165) is 0 Å². The van der Waals surface area contributed by atoms with Crippen molar-refractivity contribution in [3.63, 3.8) is 0 Å². The quantitative estimate of drug-likeness (QED) is 0.260. The van der Waals surface area contributed by atoms with Gasteiger partial charge in [-0.25, -0.2) is 9.55 Å². The molecule has 1 aliphatic carbocycles. The van der Waals surface area contributed by atoms with E-state index in [4.69, 9.17) is 29.0 Å². The lowest BCUT2D eigenvalue weighted by atomic mass is 10.1. The molecule has 1 saturated heterocycles. The third kappa shape index (κ3) is 5.58. The molecule has 0 amide bonds. The number of rotatable bonds is 11. The van der Waals surface area contributed by atoms with Crippen molar-refractivity contribution in [2.24, 2.45) is 11.8 Å². The van der Waals surface area contributed by atoms with Crippen LogP contribution in [0.4, 0.5) is 5.95 Å². The van der Waals surface area contributed by atoms with Crippen molar-refractivity contribution in [1.29, 1.82) is 0 Å². The van der Waals surface area contributed by atoms with E-state index >= 15 is 0 Å². The number of nitrogen functional groups attached to an aromatic ring is 1. The van der Waals surface area contributed by atoms with Crippen LogP contribution < -0.4 is 20.1 Å². The molecule has 3 unspecified atom stereocenters. The van der Waals surface area contributed by atoms with E-state index in [1.165, 1.54) is 0 Å². The van der Waals surface area contributed by atoms with Gasteiger partial charge in [0.1, 0.15) is 24.1 Å². The molecule has 210 valence electrons. The van der Waals surface area contributed by atoms with E-state index in [1.54, 1.807) is 55.9 Å². The fraction of sp³-hybridized carbons (Fsp3) is 0.520. The van der Waals surface area contributed by atoms with Crippen LogP contribution in [0.25, 0.3) is 11.2 Å². The Kier molecular flexibility index (Phi) is 7.51. The van der Waals surface area contributed by atoms with Crippen molar-refractivity contribution >= 4 is 30.8 Å². The first-order chi connectivity index (χ1) is 18.6. The molecule has 0 radical (unpaired) electrons. The van der Waals surface area contributed by atoms with Gasteiger partial charge in [0, 0.05) is 11.8 Å². The smallest absolute Gasteiger partial charge is 0.459 e. The standard InChI is InChI=1S/C25H33N6O7P/c1-6-34-22-18-21(28-25(26)29-22)31(12-27-18)23-14(4)17-19(36-23)20(17)38-39(33,37-16-10-8-7-9-11-16)30-15(5)24(32)35-13(2)3/h7-15,17,19-20,23H,6H2,1-5H3,(H,30,33)(H2,26,28,29)/t14-,15+,17?,19-,20?,23+,39?/m0/s1. The van der Waals surface area contributed by atoms with E-state index in [9.17, 15) is 9.36 Å². The summed E-state index contributed by atoms with van der Waals surface area (Å²) in [5.41, 5.74) is 6.89. The summed E-state index contributed by atoms with van der Waals surface area (Å²) in [5, 5.41) is 2.73. The molecule has 2 fully saturated rings. The molecule has 1 aliphatic heterocycles. The van der Waals surface area contributed by atoms with Gasteiger partial charge in [0.25, 0.3) is 0 Å². The summed E-state index contributed by atoms with van der Waals surface area (Å²) in [6, 6.07) is 7.69. The molecule has 3 N–H and O–H groups in total. The third-order valence-corrected chi connectivity index (χ3v) is 8.22. The van der Waals surface area contributed by atoms with E-state index in [2.05, 4.69) is 20.0 Å². The van der Waals surface area contributed by atoms with Gasteiger partial charge < -0.3 is 24.5 Å². The van der Waals surface area contributed by atoms with Crippen molar-refractivity contribution in [3.8, 4) is 11.6 Å². The molecule has 2 aliphatic rings. The Hall–Kier alpha value is -3.25. The van der Waals surface area contributed by atoms with Gasteiger partial charge in [-0.15, -0.1) is 0 Å². The summed E-state index contributed by atoms with van der Waals surface area (Å²) in [5.74, 6) is 0.0161. The number of carbonyl (C=O) groups excluding carboxylic acids is 1. The van der Waals surface area contributed by atoms with Crippen LogP contribution in [0.1, 0.15) is 40.8 Å². The van der Waals surface area contributed by atoms with Crippen LogP contribution in [-0.2, 0) is 23.4 Å². The van der Waals surface area contributed by atoms with Crippen LogP contribution in [0.3, 0.4) is 0 Å². The van der Waals surface area contributed by atoms with Crippen molar-refractivity contribution in [3.05, 3.63) is 36.7 Å². The monoisotopic (exact) mass is 560 g/mol. The zero-order valence-electron chi connectivity index (χ0n) is 22.4. The van der Waals surface area contributed by atoms with Crippen LogP contribution >= 0.6 is 7.75 Å². The topological polar surface area (TPSA) is 162 Å². The number of hydrogen-bond acceptors (Lipinski definition) is 11. The van der Waals surface area contributed by atoms with Gasteiger partial charge in [-0.1, -0.05) is 25.1 Å². The first-order valence-electron chi connectivity index (χ1n) is 12.9. The number of imidazole rings is 1. The minimum atomic E-state index is -4.01. The second-order valence-electron chi connectivity index (χ2n) is 9.88. The fourth-order valence-corrected chi connectivity index (χ4v) is 6.50. The minimum Gasteiger partial charge on any atom is -0.476 e. The number of aromatic nitrogens is 4. The molecule has 39 heavy (non-hydrogen) atoms. The maximum absolute atomic E-state index is 13.9. The number of fused-ring (bicyclic) bond motifs is 2. The van der Waals surface area contributed by atoms with Gasteiger partial charge in [-0.3, -0.25) is 13.9 Å². The molecule has 0 bridgehead atoms. The number of para-hydroxylation sites is 1. The van der Waals surface area contributed by atoms with E-state index in [1.807, 2.05) is 19.9 Å². The number of esters is 1. The first kappa shape index (κ1) is 27.3. The predicted octanol–water partition coefficient (Wildman–Crippen LogP) is 3.47. The average Bonchev–Trinajstić information content (AvgIpc) is 3.16. The Bertz CT molecular complexity index is 1390. The van der Waals surface area contributed by atoms with Gasteiger partial charge in [0.05, 0.1) is 25.1 Å². The normalized spacial score (nSPS) is 26.2. The molecular formula is C25H33N6O7P. The molecule has 3 aromatic rings. The Morgan fingerprint density at radius 1 is 1.23 bits per heavy atom. The number of ether oxygens (including phenoxy) is 3. The maximum Gasteiger partial charge on any atom is 0.459 e. The Morgan fingerprint density at radius 2 is 1.97 bits per heavy atom. The number of nitrogens with zero attached hydrogens (tertiary/aromatic N) is 4. The van der Waals surface area contributed by atoms with Crippen LogP contribution in [-0.4, -0.2) is 56.4 Å². The second kappa shape index (κ2) is 10.7. The van der Waals surface area contributed by atoms with Gasteiger partial charge in [0.2, 0.25) is 11.8 Å². The number of carbonyl (C=O) groups is 1. The van der Waals surface area contributed by atoms with E-state index in [-0.39, 0.29) is 30.0 Å². The van der Waals surface area contributed by atoms with Gasteiger partial charge in [-0.05, 0) is 39.8 Å². The molecule has 3 heterocycles. The molecule has 7 atom stereocenters. The molecule has 13 nitrogen and oxygen atoms in total. The lowest BCUT2D eigenvalue weighted by Gasteiger charge is -2.26. The first-order valence-corrected chi connectivity index (χ1v) is 14.4. The van der Waals surface area contributed by atoms with Gasteiger partial charge in [-0.2, -0.15) is 15.1 Å². The van der Waals surface area contributed by atoms with Crippen molar-refractivity contribution in [1.82, 2.24) is 24.6 Å². The molecular weight excluding hydrogens is 527 g/mol. The van der Waals surface area contributed by atoms with Crippen LogP contribution in [0, 0.1) is 11.8 Å². The third-order valence-electron chi connectivity index (χ3n) is 6.54. The summed E-state index contributed by atoms with van der Waals surface area (Å²) in [7, 11) is -4.01. The summed E-state index contributed by atoms with van der Waals surface area (Å²) in [4.78, 5) is 25.3. The highest BCUT2D eigenvalue weighted by atomic mass is 31.2. The summed E-state index contributed by atoms with van der Waals surface area (Å²) in [6.45, 7) is 9.29. The highest BCUT2D eigenvalue weighted by Crippen LogP contribution is 2.61. The predicted molar refractivity (Wildman–Crippen MR) is 141 cm³/mol. The molecule has 1 aromatic carbocycles. The average molecular weight is 561 g/mol. The van der Waals surface area contributed by atoms with Crippen LogP contribution in [0.5, 0.6) is 11.6 Å². The molecule has 5 rings (SSSR count). The lowest BCUT2D eigenvalue weighted by Crippen LogP contribution is -2.36. The lowest BCUT2D eigenvalue weighted by molar-refractivity contribution is -0.149. The van der Waals surface area contributed by atoms with Gasteiger partial charge >= 0.3 is 13.7 Å². The van der Waals surface area contributed by atoms with E-state index < -0.39 is 32.1 Å². The fourth-order valence-electron chi connectivity index (χ4n) is 4.78. The zero-order valence-corrected chi connectivity index (χ0v) is 23.3. The van der Waals surface area contributed by atoms with Gasteiger partial charge in [0.15, 0.2) is 11.2 Å². The van der Waals surface area contributed by atoms with Crippen LogP contribution in [0.15, 0.2) is 36.7 Å². The number of anilines is 1. The number of nitrogens with two attached hydrogens (primary N) is 1. The summed E-state index contributed by atoms with van der Waals surface area (Å²) >= 11 is 0. The zero-order chi connectivity index (χ0) is 27.9. The van der Waals surface area contributed by atoms with Crippen molar-refractivity contribution in [2.45, 2.75) is 65.2 Å². The van der Waals surface area contributed by atoms with Crippen LogP contribution in [0.2, 0.25) is 0 Å². The van der Waals surface area contributed by atoms with Crippen molar-refractivity contribution < 1.29 is 32.6 Å². The number of hydrogen-bond donors (Lipinski definition) is 2. The van der Waals surface area contributed by atoms with E-state index in [0.29, 0.717) is 29.4 Å². The van der Waals surface area contributed by atoms with Crippen molar-refractivity contribution in [2.75, 3.05) is 12.3 Å². The highest BCUT2D eigenvalue weighted by Gasteiger charge is 2.66.